The highest BCUT2D eigenvalue weighted by Crippen LogP contribution is 2.22. The van der Waals surface area contributed by atoms with Gasteiger partial charge in [0.25, 0.3) is 0 Å². The third kappa shape index (κ3) is 6.03. The smallest absolute Gasteiger partial charge is 0.230 e. The highest BCUT2D eigenvalue weighted by atomic mass is 16.5. The molecule has 0 aliphatic heterocycles. The summed E-state index contributed by atoms with van der Waals surface area (Å²) in [5.74, 6) is 1.48. The molecule has 0 saturated heterocycles. The Balaban J connectivity index is 2.00. The van der Waals surface area contributed by atoms with Gasteiger partial charge in [-0.05, 0) is 56.7 Å². The number of rotatable bonds is 9. The van der Waals surface area contributed by atoms with Gasteiger partial charge in [-0.15, -0.1) is 0 Å². The van der Waals surface area contributed by atoms with Crippen LogP contribution in [0.15, 0.2) is 42.5 Å². The van der Waals surface area contributed by atoms with E-state index >= 15 is 0 Å². The molecule has 0 aliphatic rings. The van der Waals surface area contributed by atoms with Crippen LogP contribution in [-0.2, 0) is 4.79 Å². The Hall–Kier alpha value is -3.00. The number of hydrogen-bond donors (Lipinski definition) is 0. The molecule has 0 aliphatic carbocycles. The van der Waals surface area contributed by atoms with Crippen LogP contribution in [0.1, 0.15) is 30.9 Å². The molecule has 0 heterocycles. The molecule has 2 aromatic rings. The Labute approximate surface area is 161 Å². The minimum Gasteiger partial charge on any atom is -0.494 e. The van der Waals surface area contributed by atoms with Crippen molar-refractivity contribution in [1.29, 1.82) is 5.26 Å². The van der Waals surface area contributed by atoms with E-state index in [0.717, 1.165) is 22.7 Å². The van der Waals surface area contributed by atoms with Crippen LogP contribution in [0.3, 0.4) is 0 Å². The lowest BCUT2D eigenvalue weighted by atomic mass is 10.1. The monoisotopic (exact) mass is 366 g/mol. The molecule has 0 unspecified atom stereocenters. The Kier molecular flexibility index (Phi) is 7.69. The molecule has 5 heteroatoms. The van der Waals surface area contributed by atoms with Gasteiger partial charge in [-0.3, -0.25) is 4.79 Å². The zero-order valence-corrected chi connectivity index (χ0v) is 16.2. The SMILES string of the molecule is CCOc1ccc(N(CCC#N)C(=O)CCOc2ccc(C)cc2C)cc1. The van der Waals surface area contributed by atoms with E-state index < -0.39 is 0 Å². The molecule has 0 spiro atoms. The summed E-state index contributed by atoms with van der Waals surface area (Å²) in [5, 5.41) is 8.90. The molecular weight excluding hydrogens is 340 g/mol. The zero-order chi connectivity index (χ0) is 19.6. The Morgan fingerprint density at radius 1 is 1.11 bits per heavy atom. The Morgan fingerprint density at radius 2 is 1.85 bits per heavy atom. The summed E-state index contributed by atoms with van der Waals surface area (Å²) in [7, 11) is 0. The fourth-order valence-corrected chi connectivity index (χ4v) is 2.79. The van der Waals surface area contributed by atoms with Crippen molar-refractivity contribution in [2.45, 2.75) is 33.6 Å². The second-order valence-electron chi connectivity index (χ2n) is 6.25. The molecule has 1 amide bonds. The molecule has 0 radical (unpaired) electrons. The number of nitrogens with zero attached hydrogens (tertiary/aromatic N) is 2. The van der Waals surface area contributed by atoms with Gasteiger partial charge in [0.1, 0.15) is 11.5 Å². The third-order valence-corrected chi connectivity index (χ3v) is 4.11. The van der Waals surface area contributed by atoms with Crippen LogP contribution >= 0.6 is 0 Å². The maximum absolute atomic E-state index is 12.7. The number of aryl methyl sites for hydroxylation is 2. The number of benzene rings is 2. The summed E-state index contributed by atoms with van der Waals surface area (Å²) < 4.78 is 11.2. The topological polar surface area (TPSA) is 62.6 Å². The maximum atomic E-state index is 12.7. The van der Waals surface area contributed by atoms with Gasteiger partial charge in [0, 0.05) is 12.2 Å². The van der Waals surface area contributed by atoms with E-state index in [2.05, 4.69) is 12.1 Å². The van der Waals surface area contributed by atoms with E-state index in [1.165, 1.54) is 5.56 Å². The largest absolute Gasteiger partial charge is 0.494 e. The second-order valence-corrected chi connectivity index (χ2v) is 6.25. The minimum absolute atomic E-state index is 0.0702. The first-order chi connectivity index (χ1) is 13.0. The summed E-state index contributed by atoms with van der Waals surface area (Å²) in [5.41, 5.74) is 2.98. The molecule has 0 atom stereocenters. The summed E-state index contributed by atoms with van der Waals surface area (Å²) in [4.78, 5) is 14.3. The molecule has 5 nitrogen and oxygen atoms in total. The zero-order valence-electron chi connectivity index (χ0n) is 16.2. The van der Waals surface area contributed by atoms with Gasteiger partial charge in [-0.1, -0.05) is 17.7 Å². The number of nitriles is 1. The molecule has 2 rings (SSSR count). The van der Waals surface area contributed by atoms with E-state index in [1.807, 2.05) is 57.2 Å². The summed E-state index contributed by atoms with van der Waals surface area (Å²) in [6.45, 7) is 7.18. The van der Waals surface area contributed by atoms with Crippen molar-refractivity contribution in [3.8, 4) is 17.6 Å². The van der Waals surface area contributed by atoms with Gasteiger partial charge in [-0.25, -0.2) is 0 Å². The van der Waals surface area contributed by atoms with Crippen molar-refractivity contribution < 1.29 is 14.3 Å². The van der Waals surface area contributed by atoms with Gasteiger partial charge in [0.2, 0.25) is 5.91 Å². The lowest BCUT2D eigenvalue weighted by Gasteiger charge is -2.22. The average Bonchev–Trinajstić information content (AvgIpc) is 2.65. The Bertz CT molecular complexity index is 794. The number of carbonyl (C=O) groups excluding carboxylic acids is 1. The normalized spacial score (nSPS) is 10.1. The van der Waals surface area contributed by atoms with E-state index in [4.69, 9.17) is 14.7 Å². The van der Waals surface area contributed by atoms with Crippen molar-refractivity contribution in [1.82, 2.24) is 0 Å². The van der Waals surface area contributed by atoms with Gasteiger partial charge in [0.15, 0.2) is 0 Å². The number of carbonyl (C=O) groups is 1. The maximum Gasteiger partial charge on any atom is 0.230 e. The summed E-state index contributed by atoms with van der Waals surface area (Å²) in [6, 6.07) is 15.4. The molecule has 0 saturated carbocycles. The summed E-state index contributed by atoms with van der Waals surface area (Å²) >= 11 is 0. The predicted octanol–water partition coefficient (Wildman–Crippen LogP) is 4.42. The first-order valence-electron chi connectivity index (χ1n) is 9.15. The van der Waals surface area contributed by atoms with Crippen molar-refractivity contribution in [2.24, 2.45) is 0 Å². The van der Waals surface area contributed by atoms with Gasteiger partial charge >= 0.3 is 0 Å². The van der Waals surface area contributed by atoms with Crippen LogP contribution in [0.5, 0.6) is 11.5 Å². The molecular formula is C22H26N2O3. The van der Waals surface area contributed by atoms with Crippen LogP contribution in [0.4, 0.5) is 5.69 Å². The first kappa shape index (κ1) is 20.3. The number of ether oxygens (including phenoxy) is 2. The second kappa shape index (κ2) is 10.2. The van der Waals surface area contributed by atoms with Gasteiger partial charge in [0.05, 0.1) is 32.1 Å². The van der Waals surface area contributed by atoms with Crippen molar-refractivity contribution in [3.05, 3.63) is 53.6 Å². The first-order valence-corrected chi connectivity index (χ1v) is 9.15. The standard InChI is InChI=1S/C22H26N2O3/c1-4-26-20-9-7-19(8-10-20)24(14-5-13-23)22(25)12-15-27-21-11-6-17(2)16-18(21)3/h6-11,16H,4-5,12,14-15H2,1-3H3. The third-order valence-electron chi connectivity index (χ3n) is 4.11. The van der Waals surface area contributed by atoms with Gasteiger partial charge < -0.3 is 14.4 Å². The highest BCUT2D eigenvalue weighted by Gasteiger charge is 2.16. The summed E-state index contributed by atoms with van der Waals surface area (Å²) in [6.07, 6.45) is 0.517. The quantitative estimate of drug-likeness (QED) is 0.659. The molecule has 27 heavy (non-hydrogen) atoms. The van der Waals surface area contributed by atoms with Crippen molar-refractivity contribution >= 4 is 11.6 Å². The van der Waals surface area contributed by atoms with E-state index in [-0.39, 0.29) is 18.7 Å². The van der Waals surface area contributed by atoms with Crippen molar-refractivity contribution in [2.75, 3.05) is 24.7 Å². The molecule has 0 aromatic heterocycles. The van der Waals surface area contributed by atoms with E-state index in [9.17, 15) is 4.79 Å². The number of anilines is 1. The van der Waals surface area contributed by atoms with Crippen molar-refractivity contribution in [3.63, 3.8) is 0 Å². The van der Waals surface area contributed by atoms with E-state index in [0.29, 0.717) is 19.8 Å². The fourth-order valence-electron chi connectivity index (χ4n) is 2.79. The minimum atomic E-state index is -0.0702. The molecule has 0 fully saturated rings. The fraction of sp³-hybridized carbons (Fsp3) is 0.364. The predicted molar refractivity (Wildman–Crippen MR) is 106 cm³/mol. The number of amides is 1. The average molecular weight is 366 g/mol. The molecule has 0 N–H and O–H groups in total. The highest BCUT2D eigenvalue weighted by molar-refractivity contribution is 5.93. The lowest BCUT2D eigenvalue weighted by molar-refractivity contribution is -0.119. The molecule has 2 aromatic carbocycles. The Morgan fingerprint density at radius 3 is 2.48 bits per heavy atom. The van der Waals surface area contributed by atoms with Crippen LogP contribution in [-0.4, -0.2) is 25.7 Å². The van der Waals surface area contributed by atoms with E-state index in [1.54, 1.807) is 4.90 Å². The van der Waals surface area contributed by atoms with Crippen LogP contribution in [0.2, 0.25) is 0 Å². The number of hydrogen-bond acceptors (Lipinski definition) is 4. The van der Waals surface area contributed by atoms with Gasteiger partial charge in [-0.2, -0.15) is 5.26 Å². The molecule has 0 bridgehead atoms. The lowest BCUT2D eigenvalue weighted by Crippen LogP contribution is -2.32. The van der Waals surface area contributed by atoms with Crippen LogP contribution in [0.25, 0.3) is 0 Å². The van der Waals surface area contributed by atoms with Crippen LogP contribution in [0, 0.1) is 25.2 Å². The van der Waals surface area contributed by atoms with Crippen LogP contribution < -0.4 is 14.4 Å². The molecule has 142 valence electrons.